The standard InChI is InChI=1S/C25H25N2S2.C20H20NS2.2C11H14NS.C10H12NS.C9H7NO2S.C9H10NS/c1-3-26-20-14-10-12-16-22(20)28-24(26)18-8-6-5-7-9-19-25-27(4-2)21-15-11-13-17-23(21)29-25;1-3-14-15-9-5-7-11-17(15)22-19(14)13-20-21(4-2)16-10-6-8-12-18(16)23-20;1-4-12-9(3)13-11-6-5-8(2)7-10(11)12;1-3-8-12-9(2)13-11-7-5-4-6-10(11)12;1-3-11-8(2)12-10-7-5-4-6-9(10)11;11-9(12)5-10-6-13-8-4-2-1-3-7(8)10;1-7-10(2)8-5-3-4-6-9(8)11-7/h5-19H,3-4H2,1-2H3;5-14H,3-4H2,1-2H3;5-7H,4H2,1-3H3;4-7H,3,8H2,1-2H3;4-7H,3H2,1-2H3;1-4,6H,5H2;3-6H,1-2H3/q5*+1;;+1/p+1/b;19-13+;;;;;. The molecular formula is C95H103N8O2S9+7. The van der Waals surface area contributed by atoms with Crippen molar-refractivity contribution < 1.29 is 41.9 Å². The number of fused-ring (bicyclic) bond motifs is 9. The average molecular weight is 1680 g/mol. The minimum absolute atomic E-state index is 0.0318. The summed E-state index contributed by atoms with van der Waals surface area (Å²) < 4.78 is 25.2. The van der Waals surface area contributed by atoms with Crippen molar-refractivity contribution in [3.8, 4) is 0 Å². The summed E-state index contributed by atoms with van der Waals surface area (Å²) in [5, 5.41) is 18.1. The van der Waals surface area contributed by atoms with E-state index < -0.39 is 5.97 Å². The number of aliphatic carboxylic acids is 1. The lowest BCUT2D eigenvalue weighted by atomic mass is 9.96. The van der Waals surface area contributed by atoms with Crippen LogP contribution in [0.2, 0.25) is 0 Å². The third kappa shape index (κ3) is 20.2. The molecule has 0 saturated carbocycles. The van der Waals surface area contributed by atoms with Crippen molar-refractivity contribution in [2.45, 2.75) is 151 Å². The third-order valence-corrected chi connectivity index (χ3v) is 29.7. The first kappa shape index (κ1) is 84.3. The van der Waals surface area contributed by atoms with Crippen LogP contribution in [-0.4, -0.2) is 17.6 Å². The summed E-state index contributed by atoms with van der Waals surface area (Å²) in [6.45, 7) is 32.6. The van der Waals surface area contributed by atoms with Gasteiger partial charge in [0.05, 0.1) is 10.7 Å². The van der Waals surface area contributed by atoms with Gasteiger partial charge in [-0.3, -0.25) is 0 Å². The molecule has 0 saturated heterocycles. The van der Waals surface area contributed by atoms with E-state index in [1.165, 1.54) is 134 Å². The van der Waals surface area contributed by atoms with Gasteiger partial charge in [0.15, 0.2) is 0 Å². The summed E-state index contributed by atoms with van der Waals surface area (Å²) in [4.78, 5) is 17.1. The zero-order valence-electron chi connectivity index (χ0n) is 67.5. The summed E-state index contributed by atoms with van der Waals surface area (Å²) >= 11 is 16.5. The van der Waals surface area contributed by atoms with Gasteiger partial charge >= 0.3 is 5.97 Å². The quantitative estimate of drug-likeness (QED) is 0.0818. The molecule has 16 aromatic rings. The van der Waals surface area contributed by atoms with E-state index in [9.17, 15) is 4.79 Å². The van der Waals surface area contributed by atoms with Crippen molar-refractivity contribution in [3.05, 3.63) is 305 Å². The Hall–Kier alpha value is -9.12. The Morgan fingerprint density at radius 2 is 0.895 bits per heavy atom. The Balaban J connectivity index is 0.000000127. The van der Waals surface area contributed by atoms with Crippen LogP contribution in [0.15, 0.2) is 274 Å². The van der Waals surface area contributed by atoms with E-state index >= 15 is 0 Å². The number of para-hydroxylation sites is 7. The number of nitrogens with zero attached hydrogens (tertiary/aromatic N) is 8. The predicted octanol–water partition coefficient (Wildman–Crippen LogP) is 24.2. The summed E-state index contributed by atoms with van der Waals surface area (Å²) in [6, 6.07) is 74.8. The predicted molar refractivity (Wildman–Crippen MR) is 493 cm³/mol. The van der Waals surface area contributed by atoms with E-state index in [2.05, 4.69) is 359 Å². The van der Waals surface area contributed by atoms with Crippen molar-refractivity contribution in [2.75, 3.05) is 11.4 Å². The number of rotatable bonds is 15. The van der Waals surface area contributed by atoms with Gasteiger partial charge in [0.25, 0.3) is 10.0 Å². The van der Waals surface area contributed by atoms with Gasteiger partial charge in [0.2, 0.25) is 70.7 Å². The highest BCUT2D eigenvalue weighted by Gasteiger charge is 2.30. The first-order chi connectivity index (χ1) is 55.6. The van der Waals surface area contributed by atoms with E-state index in [-0.39, 0.29) is 6.54 Å². The number of aryl methyl sites for hydroxylation is 11. The molecule has 18 rings (SSSR count). The number of anilines is 1. The van der Waals surface area contributed by atoms with Gasteiger partial charge in [-0.25, -0.2) is 4.79 Å². The van der Waals surface area contributed by atoms with E-state index in [0.717, 1.165) is 55.9 Å². The molecule has 0 aliphatic carbocycles. The summed E-state index contributed by atoms with van der Waals surface area (Å²) in [5.74, 6) is -0.264. The number of hydrogen-bond acceptors (Lipinski definition) is 11. The van der Waals surface area contributed by atoms with Crippen LogP contribution in [0.3, 0.4) is 0 Å². The molecule has 114 heavy (non-hydrogen) atoms. The van der Waals surface area contributed by atoms with E-state index in [0.29, 0.717) is 5.92 Å². The first-order valence-electron chi connectivity index (χ1n) is 39.2. The number of thiazole rings is 7. The van der Waals surface area contributed by atoms with Crippen LogP contribution in [0.25, 0.3) is 83.7 Å². The fraction of sp³-hybridized carbons (Fsp3) is 0.242. The number of hydrogen-bond donors (Lipinski definition) is 1. The van der Waals surface area contributed by atoms with Crippen LogP contribution in [0.5, 0.6) is 0 Å². The molecule has 0 fully saturated rings. The molecular weight excluding hydrogens is 1570 g/mol. The van der Waals surface area contributed by atoms with Crippen molar-refractivity contribution >= 4 is 198 Å². The van der Waals surface area contributed by atoms with Crippen LogP contribution in [0, 0.1) is 34.6 Å². The molecule has 1 N–H and O–H groups in total. The highest BCUT2D eigenvalue weighted by molar-refractivity contribution is 8.04. The number of aromatic nitrogens is 7. The highest BCUT2D eigenvalue weighted by atomic mass is 32.2. The van der Waals surface area contributed by atoms with Gasteiger partial charge < -0.3 is 10.0 Å². The Bertz CT molecular complexity index is 6130. The molecule has 1 unspecified atom stereocenters. The SMILES string of the molecule is CCC1/C(=C\c2sc3ccccc3[n+]2CC)Sc2ccccc21.CCC[n+]1c(C)sc2ccccc21.CCN1/C(=C/C=C/C=C/C=C/c2sc3ccccc3[n+]2CC)Sc2ccccc21.CC[n+]1c(C)sc2ccc(C)cc21.CC[n+]1c(C)sc2ccccc21.Cc1sc2ccccc2[n+]1C.O=C(O)C[n+]1csc2ccccc21. The van der Waals surface area contributed by atoms with Crippen LogP contribution in [0.4, 0.5) is 5.69 Å². The molecule has 0 amide bonds. The monoisotopic (exact) mass is 1680 g/mol. The number of carboxylic acid groups (broad SMARTS) is 1. The van der Waals surface area contributed by atoms with Crippen molar-refractivity contribution in [3.63, 3.8) is 0 Å². The van der Waals surface area contributed by atoms with Crippen LogP contribution < -0.4 is 36.9 Å². The van der Waals surface area contributed by atoms with E-state index in [1.54, 1.807) is 15.9 Å². The zero-order chi connectivity index (χ0) is 80.2. The topological polar surface area (TPSA) is 67.7 Å². The molecule has 9 heterocycles. The van der Waals surface area contributed by atoms with Gasteiger partial charge in [-0.2, -0.15) is 32.0 Å². The molecule has 9 aromatic carbocycles. The van der Waals surface area contributed by atoms with Gasteiger partial charge in [0.1, 0.15) is 72.7 Å². The largest absolute Gasteiger partial charge is 0.477 e. The lowest BCUT2D eigenvalue weighted by molar-refractivity contribution is -0.672. The van der Waals surface area contributed by atoms with Gasteiger partial charge in [-0.15, -0.1) is 0 Å². The maximum Gasteiger partial charge on any atom is 0.370 e. The second-order valence-electron chi connectivity index (χ2n) is 27.2. The lowest BCUT2D eigenvalue weighted by Gasteiger charge is -2.17. The van der Waals surface area contributed by atoms with Crippen LogP contribution in [-0.2, 0) is 51.1 Å². The molecule has 582 valence electrons. The molecule has 0 bridgehead atoms. The van der Waals surface area contributed by atoms with E-state index in [1.807, 2.05) is 121 Å². The van der Waals surface area contributed by atoms with Gasteiger partial charge in [0, 0.05) is 116 Å². The number of carbonyl (C=O) groups is 1. The molecule has 2 aliphatic rings. The maximum atomic E-state index is 10.5. The Labute approximate surface area is 708 Å². The Morgan fingerprint density at radius 3 is 1.47 bits per heavy atom. The second kappa shape index (κ2) is 40.9. The Morgan fingerprint density at radius 1 is 0.439 bits per heavy atom. The van der Waals surface area contributed by atoms with E-state index in [4.69, 9.17) is 5.11 Å². The fourth-order valence-corrected chi connectivity index (χ4v) is 24.2. The minimum atomic E-state index is -0.812. The minimum Gasteiger partial charge on any atom is -0.477 e. The molecule has 0 radical (unpaired) electrons. The van der Waals surface area contributed by atoms with Crippen molar-refractivity contribution in [1.29, 1.82) is 0 Å². The van der Waals surface area contributed by atoms with Crippen LogP contribution in [0.1, 0.15) is 108 Å². The molecule has 10 nitrogen and oxygen atoms in total. The lowest BCUT2D eigenvalue weighted by Crippen LogP contribution is -2.35. The summed E-state index contributed by atoms with van der Waals surface area (Å²) in [7, 11) is 2.11. The molecule has 2 aliphatic heterocycles. The van der Waals surface area contributed by atoms with Gasteiger partial charge in [-0.05, 0) is 126 Å². The molecule has 19 heteroatoms. The number of allylic oxidation sites excluding steroid dienone is 7. The second-order valence-corrected chi connectivity index (χ2v) is 37.3. The maximum absolute atomic E-state index is 10.5. The van der Waals surface area contributed by atoms with Crippen molar-refractivity contribution in [1.82, 2.24) is 0 Å². The first-order valence-corrected chi connectivity index (χ1v) is 46.6. The highest BCUT2D eigenvalue weighted by Crippen LogP contribution is 2.51. The smallest absolute Gasteiger partial charge is 0.370 e. The normalized spacial score (nSPS) is 13.6. The fourth-order valence-electron chi connectivity index (χ4n) is 14.2. The number of carboxylic acids is 1. The zero-order valence-corrected chi connectivity index (χ0v) is 74.8. The molecule has 1 atom stereocenters. The number of benzene rings is 9. The van der Waals surface area contributed by atoms with Crippen molar-refractivity contribution in [2.24, 2.45) is 7.05 Å². The van der Waals surface area contributed by atoms with Gasteiger partial charge in [-0.1, -0.05) is 256 Å². The average Bonchev–Trinajstić information content (AvgIpc) is 1.62. The molecule has 7 aromatic heterocycles. The Kier molecular flexibility index (Phi) is 30.3. The number of thioether (sulfide) groups is 2. The van der Waals surface area contributed by atoms with Crippen LogP contribution >= 0.6 is 103 Å². The third-order valence-electron chi connectivity index (χ3n) is 19.8. The molecule has 0 spiro atoms. The summed E-state index contributed by atoms with van der Waals surface area (Å²) in [6.07, 6.45) is 19.7. The summed E-state index contributed by atoms with van der Waals surface area (Å²) in [5.41, 5.74) is 15.1.